The van der Waals surface area contributed by atoms with E-state index in [0.29, 0.717) is 0 Å². The molecule has 0 aliphatic heterocycles. The van der Waals surface area contributed by atoms with Gasteiger partial charge in [-0.25, -0.2) is 0 Å². The molecular formula is C41H34N2. The molecule has 0 fully saturated rings. The van der Waals surface area contributed by atoms with Gasteiger partial charge in [-0.2, -0.15) is 0 Å². The van der Waals surface area contributed by atoms with E-state index in [1.165, 1.54) is 49.6 Å². The SMILES string of the molecule is Cc1ccc2c(N(c3ccccc3)c3ccccc3)c3cc(C)c(C)cc3c(N(c3ccccc3)c3ccccc3)c2c1. The van der Waals surface area contributed by atoms with Crippen molar-refractivity contribution in [2.24, 2.45) is 0 Å². The maximum Gasteiger partial charge on any atom is 0.0620 e. The number of aryl methyl sites for hydroxylation is 3. The zero-order valence-electron chi connectivity index (χ0n) is 24.8. The summed E-state index contributed by atoms with van der Waals surface area (Å²) in [5.74, 6) is 0. The van der Waals surface area contributed by atoms with Crippen LogP contribution in [0, 0.1) is 20.8 Å². The Morgan fingerprint density at radius 3 is 1.02 bits per heavy atom. The van der Waals surface area contributed by atoms with Crippen LogP contribution in [0.1, 0.15) is 16.7 Å². The van der Waals surface area contributed by atoms with Crippen molar-refractivity contribution in [3.05, 3.63) is 168 Å². The second-order valence-electron chi connectivity index (χ2n) is 11.2. The van der Waals surface area contributed by atoms with Crippen molar-refractivity contribution in [2.45, 2.75) is 20.8 Å². The summed E-state index contributed by atoms with van der Waals surface area (Å²) in [4.78, 5) is 4.85. The molecule has 0 spiro atoms. The van der Waals surface area contributed by atoms with Crippen molar-refractivity contribution in [3.8, 4) is 0 Å². The lowest BCUT2D eigenvalue weighted by Crippen LogP contribution is -2.14. The van der Waals surface area contributed by atoms with Gasteiger partial charge in [-0.15, -0.1) is 0 Å². The lowest BCUT2D eigenvalue weighted by atomic mass is 9.92. The number of hydrogen-bond acceptors (Lipinski definition) is 2. The van der Waals surface area contributed by atoms with E-state index in [-0.39, 0.29) is 0 Å². The monoisotopic (exact) mass is 554 g/mol. The van der Waals surface area contributed by atoms with Gasteiger partial charge in [0, 0.05) is 44.3 Å². The first kappa shape index (κ1) is 26.6. The van der Waals surface area contributed by atoms with Crippen molar-refractivity contribution < 1.29 is 0 Å². The summed E-state index contributed by atoms with van der Waals surface area (Å²) in [7, 11) is 0. The van der Waals surface area contributed by atoms with Crippen LogP contribution in [0.15, 0.2) is 152 Å². The summed E-state index contributed by atoms with van der Waals surface area (Å²) in [6, 6.07) is 54.6. The molecule has 0 N–H and O–H groups in total. The lowest BCUT2D eigenvalue weighted by molar-refractivity contribution is 1.28. The van der Waals surface area contributed by atoms with Crippen molar-refractivity contribution in [2.75, 3.05) is 9.80 Å². The smallest absolute Gasteiger partial charge is 0.0620 e. The molecule has 43 heavy (non-hydrogen) atoms. The van der Waals surface area contributed by atoms with Crippen molar-refractivity contribution in [1.82, 2.24) is 0 Å². The molecule has 0 heterocycles. The Kier molecular flexibility index (Phi) is 6.89. The molecule has 7 aromatic carbocycles. The molecule has 0 bridgehead atoms. The first-order valence-electron chi connectivity index (χ1n) is 14.9. The van der Waals surface area contributed by atoms with Crippen LogP contribution in [0.5, 0.6) is 0 Å². The predicted octanol–water partition coefficient (Wildman–Crippen LogP) is 11.9. The van der Waals surface area contributed by atoms with E-state index in [9.17, 15) is 0 Å². The number of anilines is 6. The van der Waals surface area contributed by atoms with Crippen LogP contribution in [-0.2, 0) is 0 Å². The number of benzene rings is 7. The fourth-order valence-electron chi connectivity index (χ4n) is 6.16. The maximum atomic E-state index is 2.43. The minimum Gasteiger partial charge on any atom is -0.309 e. The van der Waals surface area contributed by atoms with Gasteiger partial charge >= 0.3 is 0 Å². The van der Waals surface area contributed by atoms with Crippen LogP contribution in [-0.4, -0.2) is 0 Å². The Hall–Kier alpha value is -5.34. The molecule has 0 aliphatic rings. The number of hydrogen-bond donors (Lipinski definition) is 0. The quantitative estimate of drug-likeness (QED) is 0.149. The van der Waals surface area contributed by atoms with E-state index in [0.717, 1.165) is 22.7 Å². The third-order valence-electron chi connectivity index (χ3n) is 8.33. The highest BCUT2D eigenvalue weighted by atomic mass is 15.2. The number of rotatable bonds is 6. The Balaban J connectivity index is 1.68. The van der Waals surface area contributed by atoms with Crippen LogP contribution >= 0.6 is 0 Å². The molecule has 2 heteroatoms. The van der Waals surface area contributed by atoms with Crippen molar-refractivity contribution in [1.29, 1.82) is 0 Å². The fourth-order valence-corrected chi connectivity index (χ4v) is 6.16. The van der Waals surface area contributed by atoms with Gasteiger partial charge in [0.05, 0.1) is 11.4 Å². The van der Waals surface area contributed by atoms with Crippen LogP contribution in [0.4, 0.5) is 34.1 Å². The van der Waals surface area contributed by atoms with Gasteiger partial charge in [0.1, 0.15) is 0 Å². The molecule has 0 radical (unpaired) electrons. The largest absolute Gasteiger partial charge is 0.309 e. The van der Waals surface area contributed by atoms with Crippen LogP contribution in [0.3, 0.4) is 0 Å². The highest BCUT2D eigenvalue weighted by Gasteiger charge is 2.25. The summed E-state index contributed by atoms with van der Waals surface area (Å²) in [6.07, 6.45) is 0. The minimum absolute atomic E-state index is 1.13. The zero-order valence-corrected chi connectivity index (χ0v) is 24.8. The van der Waals surface area contributed by atoms with E-state index in [1.54, 1.807) is 0 Å². The molecule has 0 saturated heterocycles. The first-order valence-corrected chi connectivity index (χ1v) is 14.9. The molecule has 208 valence electrons. The fraction of sp³-hybridized carbons (Fsp3) is 0.0732. The Labute approximate surface area is 254 Å². The Morgan fingerprint density at radius 1 is 0.326 bits per heavy atom. The van der Waals surface area contributed by atoms with Gasteiger partial charge in [0.15, 0.2) is 0 Å². The third-order valence-corrected chi connectivity index (χ3v) is 8.33. The molecule has 0 saturated carbocycles. The van der Waals surface area contributed by atoms with E-state index in [1.807, 2.05) is 0 Å². The average Bonchev–Trinajstić information content (AvgIpc) is 3.05. The summed E-state index contributed by atoms with van der Waals surface area (Å²) in [6.45, 7) is 6.63. The molecule has 2 nitrogen and oxygen atoms in total. The average molecular weight is 555 g/mol. The van der Waals surface area contributed by atoms with Gasteiger partial charge in [-0.05, 0) is 98.6 Å². The number of nitrogens with zero attached hydrogens (tertiary/aromatic N) is 2. The molecule has 7 aromatic rings. The van der Waals surface area contributed by atoms with Crippen LogP contribution in [0.2, 0.25) is 0 Å². The van der Waals surface area contributed by atoms with Gasteiger partial charge < -0.3 is 9.80 Å². The van der Waals surface area contributed by atoms with Crippen molar-refractivity contribution in [3.63, 3.8) is 0 Å². The predicted molar refractivity (Wildman–Crippen MR) is 185 cm³/mol. The molecule has 0 aromatic heterocycles. The highest BCUT2D eigenvalue weighted by molar-refractivity contribution is 6.23. The normalized spacial score (nSPS) is 11.1. The molecule has 7 rings (SSSR count). The lowest BCUT2D eigenvalue weighted by Gasteiger charge is -2.33. The second kappa shape index (κ2) is 11.2. The number of fused-ring (bicyclic) bond motifs is 2. The first-order chi connectivity index (χ1) is 21.1. The molecule has 0 aliphatic carbocycles. The highest BCUT2D eigenvalue weighted by Crippen LogP contribution is 2.51. The Bertz CT molecular complexity index is 1950. The summed E-state index contributed by atoms with van der Waals surface area (Å²) < 4.78 is 0. The molecule has 0 amide bonds. The standard InChI is InChI=1S/C41H34N2/c1-29-24-25-36-37(26-29)41(43(34-20-12-6-13-21-34)35-22-14-7-15-23-35)39-28-31(3)30(2)27-38(39)40(36)42(32-16-8-4-9-17-32)33-18-10-5-11-19-33/h4-28H,1-3H3. The number of para-hydroxylation sites is 4. The summed E-state index contributed by atoms with van der Waals surface area (Å²) in [5, 5.41) is 4.87. The molecule has 0 atom stereocenters. The summed E-state index contributed by atoms with van der Waals surface area (Å²) in [5.41, 5.74) is 10.7. The topological polar surface area (TPSA) is 6.48 Å². The molecule has 0 unspecified atom stereocenters. The van der Waals surface area contributed by atoms with E-state index >= 15 is 0 Å². The van der Waals surface area contributed by atoms with Crippen LogP contribution < -0.4 is 9.80 Å². The van der Waals surface area contributed by atoms with Gasteiger partial charge in [0.25, 0.3) is 0 Å². The maximum absolute atomic E-state index is 2.43. The van der Waals surface area contributed by atoms with Crippen molar-refractivity contribution >= 4 is 55.7 Å². The van der Waals surface area contributed by atoms with Gasteiger partial charge in [-0.3, -0.25) is 0 Å². The summed E-state index contributed by atoms with van der Waals surface area (Å²) >= 11 is 0. The van der Waals surface area contributed by atoms with E-state index in [4.69, 9.17) is 0 Å². The van der Waals surface area contributed by atoms with E-state index < -0.39 is 0 Å². The molecular weight excluding hydrogens is 520 g/mol. The Morgan fingerprint density at radius 2 is 0.651 bits per heavy atom. The minimum atomic E-state index is 1.13. The zero-order chi connectivity index (χ0) is 29.3. The van der Waals surface area contributed by atoms with Gasteiger partial charge in [0.2, 0.25) is 0 Å². The third kappa shape index (κ3) is 4.81. The second-order valence-corrected chi connectivity index (χ2v) is 11.2. The van der Waals surface area contributed by atoms with E-state index in [2.05, 4.69) is 182 Å². The van der Waals surface area contributed by atoms with Crippen LogP contribution in [0.25, 0.3) is 21.5 Å². The van der Waals surface area contributed by atoms with Gasteiger partial charge in [-0.1, -0.05) is 90.5 Å².